The van der Waals surface area contributed by atoms with Crippen LogP contribution in [-0.2, 0) is 14.8 Å². The Hall–Kier alpha value is -2.45. The molecule has 2 unspecified atom stereocenters. The van der Waals surface area contributed by atoms with Crippen molar-refractivity contribution in [1.29, 1.82) is 0 Å². The average Bonchev–Trinajstić information content (AvgIpc) is 3.08. The van der Waals surface area contributed by atoms with Crippen LogP contribution in [0.25, 0.3) is 5.69 Å². The fraction of sp³-hybridized carbons (Fsp3) is 0.294. The molecule has 2 atom stereocenters. The van der Waals surface area contributed by atoms with E-state index in [1.165, 1.54) is 10.4 Å². The van der Waals surface area contributed by atoms with Gasteiger partial charge < -0.3 is 5.32 Å². The van der Waals surface area contributed by atoms with Gasteiger partial charge in [0.2, 0.25) is 15.9 Å². The van der Waals surface area contributed by atoms with Crippen molar-refractivity contribution in [3.63, 3.8) is 0 Å². The predicted octanol–water partition coefficient (Wildman–Crippen LogP) is 0.793. The standard InChI is InChI=1S/C17H18N4O3S/c1-2-16(22)19-17-14-10-20(11-15(14)17)25(23,24)13-6-4-12(5-7-13)21-9-3-8-18-21/h2-9,14-15,17H,1,10-11H2,(H,19,22). The molecule has 1 saturated heterocycles. The maximum absolute atomic E-state index is 12.8. The molecule has 1 amide bonds. The molecule has 1 saturated carbocycles. The van der Waals surface area contributed by atoms with Gasteiger partial charge in [0.25, 0.3) is 0 Å². The van der Waals surface area contributed by atoms with Gasteiger partial charge in [0.05, 0.1) is 10.6 Å². The lowest BCUT2D eigenvalue weighted by molar-refractivity contribution is -0.116. The van der Waals surface area contributed by atoms with Gasteiger partial charge in [-0.25, -0.2) is 13.1 Å². The first-order valence-corrected chi connectivity index (χ1v) is 9.48. The predicted molar refractivity (Wildman–Crippen MR) is 91.4 cm³/mol. The zero-order valence-corrected chi connectivity index (χ0v) is 14.3. The Labute approximate surface area is 146 Å². The molecule has 2 heterocycles. The minimum atomic E-state index is -3.51. The zero-order chi connectivity index (χ0) is 17.6. The van der Waals surface area contributed by atoms with Gasteiger partial charge >= 0.3 is 0 Å². The lowest BCUT2D eigenvalue weighted by atomic mass is 10.3. The van der Waals surface area contributed by atoms with Crippen LogP contribution >= 0.6 is 0 Å². The summed E-state index contributed by atoms with van der Waals surface area (Å²) in [6.07, 6.45) is 4.71. The van der Waals surface area contributed by atoms with E-state index >= 15 is 0 Å². The molecule has 0 radical (unpaired) electrons. The van der Waals surface area contributed by atoms with E-state index in [4.69, 9.17) is 0 Å². The first kappa shape index (κ1) is 16.0. The molecule has 8 heteroatoms. The van der Waals surface area contributed by atoms with E-state index in [0.29, 0.717) is 13.1 Å². The highest BCUT2D eigenvalue weighted by molar-refractivity contribution is 7.89. The Morgan fingerprint density at radius 2 is 1.92 bits per heavy atom. The number of nitrogens with one attached hydrogen (secondary N) is 1. The molecule has 1 aromatic carbocycles. The molecule has 4 rings (SSSR count). The summed E-state index contributed by atoms with van der Waals surface area (Å²) >= 11 is 0. The Bertz CT molecular complexity index is 894. The van der Waals surface area contributed by atoms with Gasteiger partial charge in [0, 0.05) is 31.5 Å². The number of carbonyl (C=O) groups is 1. The number of benzene rings is 1. The van der Waals surface area contributed by atoms with Gasteiger partial charge in [-0.3, -0.25) is 4.79 Å². The number of nitrogens with zero attached hydrogens (tertiary/aromatic N) is 3. The molecule has 1 aliphatic carbocycles. The van der Waals surface area contributed by atoms with Crippen LogP contribution in [0.15, 0.2) is 60.3 Å². The Balaban J connectivity index is 1.45. The van der Waals surface area contributed by atoms with E-state index in [-0.39, 0.29) is 28.7 Å². The molecule has 25 heavy (non-hydrogen) atoms. The summed E-state index contributed by atoms with van der Waals surface area (Å²) in [7, 11) is -3.51. The second-order valence-corrected chi connectivity index (χ2v) is 8.27. The molecular weight excluding hydrogens is 340 g/mol. The van der Waals surface area contributed by atoms with Gasteiger partial charge in [-0.1, -0.05) is 6.58 Å². The minimum Gasteiger partial charge on any atom is -0.349 e. The van der Waals surface area contributed by atoms with E-state index in [1.807, 2.05) is 6.07 Å². The third-order valence-corrected chi connectivity index (χ3v) is 6.74. The van der Waals surface area contributed by atoms with Crippen molar-refractivity contribution < 1.29 is 13.2 Å². The number of hydrogen-bond acceptors (Lipinski definition) is 4. The second kappa shape index (κ2) is 5.82. The fourth-order valence-corrected chi connectivity index (χ4v) is 4.98. The first-order chi connectivity index (χ1) is 12.0. The van der Waals surface area contributed by atoms with Crippen molar-refractivity contribution in [3.8, 4) is 5.69 Å². The van der Waals surface area contributed by atoms with Gasteiger partial charge in [-0.15, -0.1) is 0 Å². The van der Waals surface area contributed by atoms with Crippen LogP contribution in [0.1, 0.15) is 0 Å². The molecule has 0 bridgehead atoms. The van der Waals surface area contributed by atoms with Crippen molar-refractivity contribution in [2.45, 2.75) is 10.9 Å². The number of sulfonamides is 1. The Morgan fingerprint density at radius 3 is 2.48 bits per heavy atom. The number of rotatable bonds is 5. The Morgan fingerprint density at radius 1 is 1.24 bits per heavy atom. The molecule has 2 aliphatic rings. The minimum absolute atomic E-state index is 0.0686. The third-order valence-electron chi connectivity index (χ3n) is 4.90. The van der Waals surface area contributed by atoms with E-state index in [0.717, 1.165) is 5.69 Å². The number of aromatic nitrogens is 2. The van der Waals surface area contributed by atoms with E-state index in [2.05, 4.69) is 17.0 Å². The summed E-state index contributed by atoms with van der Waals surface area (Å²) in [6.45, 7) is 4.31. The van der Waals surface area contributed by atoms with Crippen LogP contribution in [-0.4, -0.2) is 47.5 Å². The molecule has 0 spiro atoms. The maximum atomic E-state index is 12.8. The molecule has 130 valence electrons. The van der Waals surface area contributed by atoms with Gasteiger partial charge in [0.15, 0.2) is 0 Å². The molecule has 2 aromatic rings. The van der Waals surface area contributed by atoms with Gasteiger partial charge in [-0.2, -0.15) is 9.40 Å². The van der Waals surface area contributed by atoms with Crippen LogP contribution in [0.3, 0.4) is 0 Å². The van der Waals surface area contributed by atoms with E-state index in [9.17, 15) is 13.2 Å². The summed E-state index contributed by atoms with van der Waals surface area (Å²) in [4.78, 5) is 11.6. The van der Waals surface area contributed by atoms with Gasteiger partial charge in [-0.05, 0) is 48.2 Å². The number of fused-ring (bicyclic) bond motifs is 1. The number of hydrogen-bond donors (Lipinski definition) is 1. The monoisotopic (exact) mass is 358 g/mol. The summed E-state index contributed by atoms with van der Waals surface area (Å²) in [5.74, 6) is 0.187. The fourth-order valence-electron chi connectivity index (χ4n) is 3.46. The summed E-state index contributed by atoms with van der Waals surface area (Å²) in [6, 6.07) is 8.57. The summed E-state index contributed by atoms with van der Waals surface area (Å²) in [5.41, 5.74) is 0.806. The largest absolute Gasteiger partial charge is 0.349 e. The highest BCUT2D eigenvalue weighted by Crippen LogP contribution is 2.47. The molecule has 7 nitrogen and oxygen atoms in total. The number of piperidine rings is 1. The normalized spacial score (nSPS) is 25.4. The van der Waals surface area contributed by atoms with Gasteiger partial charge in [0.1, 0.15) is 0 Å². The van der Waals surface area contributed by atoms with Crippen LogP contribution in [0.2, 0.25) is 0 Å². The van der Waals surface area contributed by atoms with Crippen LogP contribution < -0.4 is 5.32 Å². The highest BCUT2D eigenvalue weighted by Gasteiger charge is 2.58. The number of carbonyl (C=O) groups excluding carboxylic acids is 1. The highest BCUT2D eigenvalue weighted by atomic mass is 32.2. The molecule has 1 N–H and O–H groups in total. The Kier molecular flexibility index (Phi) is 3.73. The first-order valence-electron chi connectivity index (χ1n) is 8.04. The molecule has 1 aromatic heterocycles. The molecule has 2 fully saturated rings. The average molecular weight is 358 g/mol. The van der Waals surface area contributed by atoms with E-state index < -0.39 is 10.0 Å². The summed E-state index contributed by atoms with van der Waals surface area (Å²) in [5, 5.41) is 6.98. The molecular formula is C17H18N4O3S. The smallest absolute Gasteiger partial charge is 0.243 e. The van der Waals surface area contributed by atoms with Crippen molar-refractivity contribution in [2.24, 2.45) is 11.8 Å². The van der Waals surface area contributed by atoms with Crippen LogP contribution in [0.5, 0.6) is 0 Å². The zero-order valence-electron chi connectivity index (χ0n) is 13.4. The topological polar surface area (TPSA) is 84.3 Å². The molecule has 1 aliphatic heterocycles. The second-order valence-electron chi connectivity index (χ2n) is 6.33. The van der Waals surface area contributed by atoms with Crippen molar-refractivity contribution >= 4 is 15.9 Å². The third kappa shape index (κ3) is 2.77. The quantitative estimate of drug-likeness (QED) is 0.801. The lowest BCUT2D eigenvalue weighted by Crippen LogP contribution is -2.36. The van der Waals surface area contributed by atoms with Crippen molar-refractivity contribution in [1.82, 2.24) is 19.4 Å². The summed E-state index contributed by atoms with van der Waals surface area (Å²) < 4.78 is 28.7. The van der Waals surface area contributed by atoms with Crippen LogP contribution in [0.4, 0.5) is 0 Å². The maximum Gasteiger partial charge on any atom is 0.243 e. The van der Waals surface area contributed by atoms with Crippen molar-refractivity contribution in [3.05, 3.63) is 55.4 Å². The number of amides is 1. The van der Waals surface area contributed by atoms with Crippen LogP contribution in [0, 0.1) is 11.8 Å². The lowest BCUT2D eigenvalue weighted by Gasteiger charge is -2.20. The van der Waals surface area contributed by atoms with E-state index in [1.54, 1.807) is 41.3 Å². The van der Waals surface area contributed by atoms with Crippen molar-refractivity contribution in [2.75, 3.05) is 13.1 Å². The SMILES string of the molecule is C=CC(=O)NC1C2CN(S(=O)(=O)c3ccc(-n4cccn4)cc3)CC21.